The molecule has 0 radical (unpaired) electrons. The molecule has 0 aliphatic heterocycles. The number of ether oxygens (including phenoxy) is 4. The molecule has 0 aliphatic rings. The Morgan fingerprint density at radius 1 is 0.692 bits per heavy atom. The molecule has 2 aromatic carbocycles. The van der Waals surface area contributed by atoms with Crippen LogP contribution in [0.1, 0.15) is 0 Å². The second kappa shape index (κ2) is 8.61. The minimum absolute atomic E-state index is 0.476. The highest BCUT2D eigenvalue weighted by atomic mass is 16.5. The van der Waals surface area contributed by atoms with Gasteiger partial charge in [-0.2, -0.15) is 0 Å². The zero-order chi connectivity index (χ0) is 19.1. The van der Waals surface area contributed by atoms with Crippen molar-refractivity contribution in [2.24, 2.45) is 0 Å². The molecule has 138 valence electrons. The first-order valence-electron chi connectivity index (χ1n) is 7.58. The van der Waals surface area contributed by atoms with Gasteiger partial charge in [0.05, 0.1) is 39.8 Å². The number of methoxy groups -OCH3 is 4. The largest absolute Gasteiger partial charge is 0.495 e. The minimum Gasteiger partial charge on any atom is -0.495 e. The normalized spacial score (nSPS) is 9.85. The van der Waals surface area contributed by atoms with Gasteiger partial charge in [0.25, 0.3) is 0 Å². The van der Waals surface area contributed by atoms with Gasteiger partial charge < -0.3 is 18.9 Å². The average Bonchev–Trinajstić information content (AvgIpc) is 2.68. The number of carbonyl (C=O) groups is 2. The molecule has 0 atom stereocenters. The van der Waals surface area contributed by atoms with Crippen molar-refractivity contribution in [2.75, 3.05) is 39.1 Å². The van der Waals surface area contributed by atoms with E-state index in [1.54, 1.807) is 24.3 Å². The van der Waals surface area contributed by atoms with Crippen molar-refractivity contribution in [3.05, 3.63) is 36.4 Å². The molecule has 8 nitrogen and oxygen atoms in total. The third-order valence-electron chi connectivity index (χ3n) is 3.58. The molecule has 2 N–H and O–H groups in total. The molecular formula is C18H20N2O6. The van der Waals surface area contributed by atoms with Crippen molar-refractivity contribution in [2.45, 2.75) is 0 Å². The first-order chi connectivity index (χ1) is 12.5. The van der Waals surface area contributed by atoms with Gasteiger partial charge in [0.2, 0.25) is 0 Å². The van der Waals surface area contributed by atoms with Crippen molar-refractivity contribution in [3.63, 3.8) is 0 Å². The molecule has 0 spiro atoms. The predicted octanol–water partition coefficient (Wildman–Crippen LogP) is 3.73. The fourth-order valence-electron chi connectivity index (χ4n) is 2.27. The molecule has 2 aromatic rings. The fraction of sp³-hybridized carbons (Fsp3) is 0.222. The van der Waals surface area contributed by atoms with Crippen LogP contribution in [0.3, 0.4) is 0 Å². The maximum atomic E-state index is 11.4. The highest BCUT2D eigenvalue weighted by molar-refractivity contribution is 5.89. The summed E-state index contributed by atoms with van der Waals surface area (Å²) in [5.41, 5.74) is 2.64. The number of amides is 2. The maximum absolute atomic E-state index is 11.4. The molecule has 0 fully saturated rings. The summed E-state index contributed by atoms with van der Waals surface area (Å²) in [4.78, 5) is 22.8. The summed E-state index contributed by atoms with van der Waals surface area (Å²) in [5.74, 6) is 0.951. The molecule has 0 aliphatic carbocycles. The first-order valence-corrected chi connectivity index (χ1v) is 7.58. The van der Waals surface area contributed by atoms with Crippen LogP contribution in [0.4, 0.5) is 21.0 Å². The fourth-order valence-corrected chi connectivity index (χ4v) is 2.27. The van der Waals surface area contributed by atoms with Crippen LogP contribution in [-0.4, -0.2) is 40.6 Å². The van der Waals surface area contributed by atoms with Crippen molar-refractivity contribution in [1.82, 2.24) is 0 Å². The Kier molecular flexibility index (Phi) is 6.26. The molecular weight excluding hydrogens is 340 g/mol. The lowest BCUT2D eigenvalue weighted by molar-refractivity contribution is 0.186. The zero-order valence-corrected chi connectivity index (χ0v) is 14.9. The van der Waals surface area contributed by atoms with Crippen molar-refractivity contribution in [3.8, 4) is 22.6 Å². The third-order valence-corrected chi connectivity index (χ3v) is 3.58. The van der Waals surface area contributed by atoms with E-state index in [0.717, 1.165) is 11.1 Å². The van der Waals surface area contributed by atoms with Gasteiger partial charge in [-0.3, -0.25) is 10.6 Å². The van der Waals surface area contributed by atoms with Crippen LogP contribution in [-0.2, 0) is 9.47 Å². The molecule has 0 aromatic heterocycles. The molecule has 2 rings (SSSR count). The Labute approximate surface area is 151 Å². The van der Waals surface area contributed by atoms with E-state index >= 15 is 0 Å². The van der Waals surface area contributed by atoms with E-state index in [1.807, 2.05) is 12.1 Å². The summed E-state index contributed by atoms with van der Waals surface area (Å²) in [6.07, 6.45) is -1.17. The van der Waals surface area contributed by atoms with Crippen LogP contribution in [0, 0.1) is 0 Å². The molecule has 2 amide bonds. The van der Waals surface area contributed by atoms with Gasteiger partial charge in [-0.25, -0.2) is 9.59 Å². The Morgan fingerprint density at radius 3 is 1.38 bits per heavy atom. The second-order valence-electron chi connectivity index (χ2n) is 5.06. The van der Waals surface area contributed by atoms with Crippen LogP contribution >= 0.6 is 0 Å². The minimum atomic E-state index is -0.587. The van der Waals surface area contributed by atoms with E-state index in [-0.39, 0.29) is 0 Å². The third kappa shape index (κ3) is 4.35. The van der Waals surface area contributed by atoms with Gasteiger partial charge in [-0.05, 0) is 35.4 Å². The summed E-state index contributed by atoms with van der Waals surface area (Å²) in [7, 11) is 5.58. The van der Waals surface area contributed by atoms with E-state index < -0.39 is 12.2 Å². The number of hydrogen-bond donors (Lipinski definition) is 2. The van der Waals surface area contributed by atoms with Crippen LogP contribution in [0.15, 0.2) is 36.4 Å². The van der Waals surface area contributed by atoms with E-state index in [4.69, 9.17) is 9.47 Å². The summed E-state index contributed by atoms with van der Waals surface area (Å²) < 4.78 is 19.8. The SMILES string of the molecule is COC(=O)Nc1ccc(-c2ccc(NC(=O)OC)c(OC)c2)cc1OC. The lowest BCUT2D eigenvalue weighted by Crippen LogP contribution is -2.12. The topological polar surface area (TPSA) is 95.1 Å². The highest BCUT2D eigenvalue weighted by Gasteiger charge is 2.12. The summed E-state index contributed by atoms with van der Waals surface area (Å²) in [5, 5.41) is 5.15. The Bertz CT molecular complexity index is 739. The van der Waals surface area contributed by atoms with Crippen LogP contribution in [0.25, 0.3) is 11.1 Å². The van der Waals surface area contributed by atoms with E-state index in [9.17, 15) is 9.59 Å². The molecule has 0 heterocycles. The van der Waals surface area contributed by atoms with Crippen LogP contribution in [0.5, 0.6) is 11.5 Å². The average molecular weight is 360 g/mol. The van der Waals surface area contributed by atoms with E-state index in [1.165, 1.54) is 28.4 Å². The van der Waals surface area contributed by atoms with Crippen molar-refractivity contribution >= 4 is 23.6 Å². The summed E-state index contributed by atoms with van der Waals surface area (Å²) >= 11 is 0. The number of hydrogen-bond acceptors (Lipinski definition) is 6. The standard InChI is InChI=1S/C18H20N2O6/c1-23-15-9-11(5-7-13(15)19-17(21)25-3)12-6-8-14(16(10-12)24-2)20-18(22)26-4/h5-10H,1-4H3,(H,19,21)(H,20,22). The lowest BCUT2D eigenvalue weighted by Gasteiger charge is -2.14. The summed E-state index contributed by atoms with van der Waals surface area (Å²) in [6, 6.07) is 10.6. The smallest absolute Gasteiger partial charge is 0.411 e. The maximum Gasteiger partial charge on any atom is 0.411 e. The van der Waals surface area contributed by atoms with Gasteiger partial charge in [0.1, 0.15) is 11.5 Å². The van der Waals surface area contributed by atoms with Gasteiger partial charge in [-0.15, -0.1) is 0 Å². The highest BCUT2D eigenvalue weighted by Crippen LogP contribution is 2.35. The van der Waals surface area contributed by atoms with Crippen molar-refractivity contribution in [1.29, 1.82) is 0 Å². The zero-order valence-electron chi connectivity index (χ0n) is 14.9. The van der Waals surface area contributed by atoms with E-state index in [2.05, 4.69) is 20.1 Å². The first kappa shape index (κ1) is 18.9. The number of benzene rings is 2. The van der Waals surface area contributed by atoms with E-state index in [0.29, 0.717) is 22.9 Å². The Morgan fingerprint density at radius 2 is 1.08 bits per heavy atom. The van der Waals surface area contributed by atoms with Crippen LogP contribution < -0.4 is 20.1 Å². The molecule has 0 saturated carbocycles. The Hall–Kier alpha value is -3.42. The summed E-state index contributed by atoms with van der Waals surface area (Å²) in [6.45, 7) is 0. The second-order valence-corrected chi connectivity index (χ2v) is 5.06. The number of carbonyl (C=O) groups excluding carboxylic acids is 2. The molecule has 0 saturated heterocycles. The molecule has 0 unspecified atom stereocenters. The van der Waals surface area contributed by atoms with Gasteiger partial charge >= 0.3 is 12.2 Å². The number of rotatable bonds is 5. The molecule has 26 heavy (non-hydrogen) atoms. The predicted molar refractivity (Wildman–Crippen MR) is 97.0 cm³/mol. The molecule has 0 bridgehead atoms. The van der Waals surface area contributed by atoms with Crippen molar-refractivity contribution < 1.29 is 28.5 Å². The van der Waals surface area contributed by atoms with Crippen LogP contribution in [0.2, 0.25) is 0 Å². The molecule has 8 heteroatoms. The number of nitrogens with one attached hydrogen (secondary N) is 2. The monoisotopic (exact) mass is 360 g/mol. The van der Waals surface area contributed by atoms with Gasteiger partial charge in [-0.1, -0.05) is 12.1 Å². The van der Waals surface area contributed by atoms with Gasteiger partial charge in [0.15, 0.2) is 0 Å². The quantitative estimate of drug-likeness (QED) is 0.844. The number of anilines is 2. The van der Waals surface area contributed by atoms with Gasteiger partial charge in [0, 0.05) is 0 Å². The Balaban J connectivity index is 2.35. The lowest BCUT2D eigenvalue weighted by atomic mass is 10.0.